The van der Waals surface area contributed by atoms with Crippen molar-refractivity contribution in [2.45, 2.75) is 4.21 Å². The minimum absolute atomic E-state index is 0.396. The van der Waals surface area contributed by atoms with Gasteiger partial charge in [-0.3, -0.25) is 0 Å². The van der Waals surface area contributed by atoms with Crippen LogP contribution in [-0.2, 0) is 10.0 Å². The second-order valence-corrected chi connectivity index (χ2v) is 7.97. The highest BCUT2D eigenvalue weighted by molar-refractivity contribution is 9.10. The van der Waals surface area contributed by atoms with Crippen molar-refractivity contribution in [3.8, 4) is 0 Å². The molecule has 0 unspecified atom stereocenters. The number of benzene rings is 1. The number of nitrogens with zero attached hydrogens (tertiary/aromatic N) is 1. The van der Waals surface area contributed by atoms with Gasteiger partial charge in [0.25, 0.3) is 10.0 Å². The number of hydrogen-bond donors (Lipinski definition) is 0. The third kappa shape index (κ3) is 1.84. The summed E-state index contributed by atoms with van der Waals surface area (Å²) in [5, 5.41) is 0.952. The van der Waals surface area contributed by atoms with Crippen LogP contribution < -0.4 is 0 Å². The van der Waals surface area contributed by atoms with Gasteiger partial charge in [0.15, 0.2) is 4.21 Å². The minimum atomic E-state index is -3.39. The van der Waals surface area contributed by atoms with Gasteiger partial charge in [-0.2, -0.15) is 4.31 Å². The Morgan fingerprint density at radius 3 is 2.50 bits per heavy atom. The maximum Gasteiger partial charge on any atom is 0.254 e. The highest BCUT2D eigenvalue weighted by atomic mass is 79.9. The van der Waals surface area contributed by atoms with E-state index in [-0.39, 0.29) is 0 Å². The average molecular weight is 344 g/mol. The van der Waals surface area contributed by atoms with Gasteiger partial charge in [0.2, 0.25) is 0 Å². The first-order valence-corrected chi connectivity index (χ1v) is 8.48. The molecule has 0 N–H and O–H groups in total. The number of thiophene rings is 1. The summed E-state index contributed by atoms with van der Waals surface area (Å²) in [5.41, 5.74) is 0. The monoisotopic (exact) mass is 343 g/mol. The number of hydrogen-bond acceptors (Lipinski definition) is 3. The van der Waals surface area contributed by atoms with Crippen LogP contribution in [0.5, 0.6) is 0 Å². The molecule has 2 aromatic rings. The summed E-state index contributed by atoms with van der Waals surface area (Å²) in [6.07, 6.45) is 3.75. The Bertz CT molecular complexity index is 726. The van der Waals surface area contributed by atoms with Gasteiger partial charge in [0.1, 0.15) is 0 Å². The fourth-order valence-electron chi connectivity index (χ4n) is 1.93. The lowest BCUT2D eigenvalue weighted by molar-refractivity contribution is 0.489. The average Bonchev–Trinajstić information content (AvgIpc) is 2.98. The molecule has 0 saturated heterocycles. The van der Waals surface area contributed by atoms with Crippen molar-refractivity contribution in [3.63, 3.8) is 0 Å². The molecule has 6 heteroatoms. The lowest BCUT2D eigenvalue weighted by atomic mass is 10.3. The van der Waals surface area contributed by atoms with Crippen LogP contribution in [0.25, 0.3) is 10.1 Å². The van der Waals surface area contributed by atoms with Crippen molar-refractivity contribution in [1.29, 1.82) is 0 Å². The summed E-state index contributed by atoms with van der Waals surface area (Å²) >= 11 is 4.73. The highest BCUT2D eigenvalue weighted by Gasteiger charge is 2.29. The van der Waals surface area contributed by atoms with Gasteiger partial charge in [-0.1, -0.05) is 30.4 Å². The van der Waals surface area contributed by atoms with Crippen LogP contribution in [0.2, 0.25) is 0 Å². The third-order valence-corrected chi connectivity index (χ3v) is 7.71. The first-order valence-electron chi connectivity index (χ1n) is 5.43. The van der Waals surface area contributed by atoms with E-state index in [1.165, 1.54) is 15.6 Å². The Balaban J connectivity index is 2.17. The predicted octanol–water partition coefficient (Wildman–Crippen LogP) is 3.22. The summed E-state index contributed by atoms with van der Waals surface area (Å²) in [6, 6.07) is 7.69. The summed E-state index contributed by atoms with van der Waals surface area (Å²) < 4.78 is 28.5. The lowest BCUT2D eigenvalue weighted by Gasteiger charge is -2.14. The van der Waals surface area contributed by atoms with Crippen molar-refractivity contribution in [3.05, 3.63) is 40.9 Å². The largest absolute Gasteiger partial charge is 0.254 e. The fraction of sp³-hybridized carbons (Fsp3) is 0.167. The molecule has 1 aliphatic heterocycles. The standard InChI is InChI=1S/C12H10BrNO2S2/c13-11-9-5-1-2-6-10(9)17-12(11)18(15,16)14-7-3-4-8-14/h1-6H,7-8H2. The highest BCUT2D eigenvalue weighted by Crippen LogP contribution is 2.39. The molecule has 94 valence electrons. The Kier molecular flexibility index (Phi) is 3.05. The molecule has 1 aliphatic rings. The van der Waals surface area contributed by atoms with Gasteiger partial charge in [-0.05, 0) is 22.0 Å². The van der Waals surface area contributed by atoms with Gasteiger partial charge in [0.05, 0.1) is 4.47 Å². The molecule has 2 heterocycles. The van der Waals surface area contributed by atoms with E-state index in [2.05, 4.69) is 15.9 Å². The molecule has 0 bridgehead atoms. The van der Waals surface area contributed by atoms with Gasteiger partial charge in [-0.15, -0.1) is 11.3 Å². The third-order valence-electron chi connectivity index (χ3n) is 2.86. The number of rotatable bonds is 2. The number of fused-ring (bicyclic) bond motifs is 1. The first-order chi connectivity index (χ1) is 8.60. The first kappa shape index (κ1) is 12.3. The quantitative estimate of drug-likeness (QED) is 0.785. The second-order valence-electron chi connectivity index (χ2n) is 3.99. The van der Waals surface area contributed by atoms with E-state index < -0.39 is 10.0 Å². The van der Waals surface area contributed by atoms with Crippen LogP contribution in [0.3, 0.4) is 0 Å². The van der Waals surface area contributed by atoms with E-state index in [0.717, 1.165) is 10.1 Å². The van der Waals surface area contributed by atoms with Crippen LogP contribution >= 0.6 is 27.3 Å². The molecule has 18 heavy (non-hydrogen) atoms. The molecular weight excluding hydrogens is 334 g/mol. The normalized spacial score (nSPS) is 16.7. The zero-order chi connectivity index (χ0) is 12.8. The Morgan fingerprint density at radius 1 is 1.17 bits per heavy atom. The summed E-state index contributed by atoms with van der Waals surface area (Å²) in [7, 11) is -3.39. The van der Waals surface area contributed by atoms with Crippen LogP contribution in [0.1, 0.15) is 0 Å². The van der Waals surface area contributed by atoms with Gasteiger partial charge in [0, 0.05) is 23.2 Å². The van der Waals surface area contributed by atoms with Crippen LogP contribution in [0, 0.1) is 0 Å². The van der Waals surface area contributed by atoms with Gasteiger partial charge < -0.3 is 0 Å². The molecule has 0 saturated carbocycles. The zero-order valence-corrected chi connectivity index (χ0v) is 12.6. The molecule has 0 aliphatic carbocycles. The molecule has 0 amide bonds. The Morgan fingerprint density at radius 2 is 1.83 bits per heavy atom. The zero-order valence-electron chi connectivity index (χ0n) is 9.34. The predicted molar refractivity (Wildman–Crippen MR) is 77.4 cm³/mol. The van der Waals surface area contributed by atoms with Gasteiger partial charge in [-0.25, -0.2) is 8.42 Å². The molecule has 0 fully saturated rings. The molecule has 3 nitrogen and oxygen atoms in total. The maximum atomic E-state index is 12.5. The van der Waals surface area contributed by atoms with Crippen LogP contribution in [0.15, 0.2) is 45.1 Å². The van der Waals surface area contributed by atoms with Gasteiger partial charge >= 0.3 is 0 Å². The van der Waals surface area contributed by atoms with E-state index in [0.29, 0.717) is 21.8 Å². The SMILES string of the molecule is O=S(=O)(c1sc2ccccc2c1Br)N1CC=CC1. The van der Waals surface area contributed by atoms with Crippen molar-refractivity contribution in [2.75, 3.05) is 13.1 Å². The maximum absolute atomic E-state index is 12.5. The summed E-state index contributed by atoms with van der Waals surface area (Å²) in [6.45, 7) is 0.923. The van der Waals surface area contributed by atoms with E-state index in [4.69, 9.17) is 0 Å². The van der Waals surface area contributed by atoms with E-state index in [1.54, 1.807) is 0 Å². The Labute approximate surface area is 118 Å². The van der Waals surface area contributed by atoms with Crippen LogP contribution in [-0.4, -0.2) is 25.8 Å². The lowest BCUT2D eigenvalue weighted by Crippen LogP contribution is -2.27. The molecule has 0 spiro atoms. The fourth-order valence-corrected chi connectivity index (χ4v) is 6.23. The topological polar surface area (TPSA) is 37.4 Å². The van der Waals surface area contributed by atoms with E-state index in [9.17, 15) is 8.42 Å². The number of halogens is 1. The minimum Gasteiger partial charge on any atom is -0.206 e. The molecular formula is C12H10BrNO2S2. The smallest absolute Gasteiger partial charge is 0.206 e. The van der Waals surface area contributed by atoms with Crippen LogP contribution in [0.4, 0.5) is 0 Å². The number of sulfonamides is 1. The van der Waals surface area contributed by atoms with E-state index in [1.807, 2.05) is 36.4 Å². The van der Waals surface area contributed by atoms with Crippen molar-refractivity contribution >= 4 is 47.4 Å². The molecule has 0 radical (unpaired) electrons. The summed E-state index contributed by atoms with van der Waals surface area (Å²) in [4.78, 5) is 0. The van der Waals surface area contributed by atoms with Crippen molar-refractivity contribution < 1.29 is 8.42 Å². The van der Waals surface area contributed by atoms with E-state index >= 15 is 0 Å². The molecule has 3 rings (SSSR count). The molecule has 0 atom stereocenters. The van der Waals surface area contributed by atoms with Crippen molar-refractivity contribution in [2.24, 2.45) is 0 Å². The molecule has 1 aromatic carbocycles. The Hall–Kier alpha value is -0.690. The summed E-state index contributed by atoms with van der Waals surface area (Å²) in [5.74, 6) is 0. The molecule has 1 aromatic heterocycles. The second kappa shape index (κ2) is 4.45. The van der Waals surface area contributed by atoms with Crippen molar-refractivity contribution in [1.82, 2.24) is 4.31 Å².